The molecule has 0 aromatic heterocycles. The van der Waals surface area contributed by atoms with Gasteiger partial charge in [-0.05, 0) is 41.3 Å². The minimum Gasteiger partial charge on any atom is -0.484 e. The average Bonchev–Trinajstić information content (AvgIpc) is 2.66. The first-order valence-electron chi connectivity index (χ1n) is 8.73. The molecule has 2 aromatic carbocycles. The van der Waals surface area contributed by atoms with E-state index in [1.165, 1.54) is 23.9 Å². The Hall–Kier alpha value is -3.48. The van der Waals surface area contributed by atoms with Gasteiger partial charge in [-0.1, -0.05) is 45.0 Å². The number of hydrogen-bond acceptors (Lipinski definition) is 5. The maximum atomic E-state index is 11.8. The minimum absolute atomic E-state index is 0.00191. The molecule has 2 rings (SSSR count). The number of nitrogens with zero attached hydrogens (tertiary/aromatic N) is 2. The van der Waals surface area contributed by atoms with Crippen LogP contribution in [0.1, 0.15) is 31.9 Å². The Kier molecular flexibility index (Phi) is 7.03. The van der Waals surface area contributed by atoms with Crippen LogP contribution >= 0.6 is 0 Å². The van der Waals surface area contributed by atoms with Crippen LogP contribution < -0.4 is 10.2 Å². The molecule has 7 heteroatoms. The summed E-state index contributed by atoms with van der Waals surface area (Å²) in [6.07, 6.45) is 4.39. The number of para-hydroxylation sites is 1. The molecule has 0 bridgehead atoms. The van der Waals surface area contributed by atoms with E-state index in [0.717, 1.165) is 0 Å². The molecule has 146 valence electrons. The zero-order valence-corrected chi connectivity index (χ0v) is 16.1. The van der Waals surface area contributed by atoms with E-state index < -0.39 is 10.8 Å². The molecular weight excluding hydrogens is 358 g/mol. The Labute approximate surface area is 163 Å². The number of rotatable bonds is 7. The van der Waals surface area contributed by atoms with Crippen molar-refractivity contribution in [2.45, 2.75) is 26.2 Å². The van der Waals surface area contributed by atoms with Gasteiger partial charge in [0.1, 0.15) is 5.75 Å². The summed E-state index contributed by atoms with van der Waals surface area (Å²) >= 11 is 0. The maximum Gasteiger partial charge on any atom is 0.277 e. The summed E-state index contributed by atoms with van der Waals surface area (Å²) in [4.78, 5) is 22.2. The molecular formula is C21H23N3O4. The van der Waals surface area contributed by atoms with Crippen LogP contribution in [-0.4, -0.2) is 23.7 Å². The second-order valence-electron chi connectivity index (χ2n) is 7.05. The fraction of sp³-hybridized carbons (Fsp3) is 0.238. The number of nitro groups is 1. The topological polar surface area (TPSA) is 93.8 Å². The van der Waals surface area contributed by atoms with Crippen LogP contribution in [-0.2, 0) is 10.2 Å². The van der Waals surface area contributed by atoms with Crippen molar-refractivity contribution in [3.63, 3.8) is 0 Å². The zero-order valence-electron chi connectivity index (χ0n) is 16.1. The van der Waals surface area contributed by atoms with Gasteiger partial charge in [-0.15, -0.1) is 0 Å². The highest BCUT2D eigenvalue weighted by Crippen LogP contribution is 2.24. The van der Waals surface area contributed by atoms with E-state index >= 15 is 0 Å². The second kappa shape index (κ2) is 9.45. The number of allylic oxidation sites excluding steroid dienone is 1. The van der Waals surface area contributed by atoms with Crippen molar-refractivity contribution in [3.05, 3.63) is 75.8 Å². The van der Waals surface area contributed by atoms with Crippen molar-refractivity contribution in [1.29, 1.82) is 0 Å². The Morgan fingerprint density at radius 1 is 1.18 bits per heavy atom. The van der Waals surface area contributed by atoms with E-state index in [2.05, 4.69) is 31.3 Å². The molecule has 0 heterocycles. The van der Waals surface area contributed by atoms with E-state index in [9.17, 15) is 14.9 Å². The van der Waals surface area contributed by atoms with Crippen LogP contribution in [0.4, 0.5) is 5.69 Å². The third kappa shape index (κ3) is 6.35. The molecule has 0 saturated carbocycles. The molecule has 0 radical (unpaired) electrons. The molecule has 28 heavy (non-hydrogen) atoms. The van der Waals surface area contributed by atoms with Crippen LogP contribution in [0.15, 0.2) is 59.7 Å². The number of nitrogens with one attached hydrogen (secondary N) is 1. The van der Waals surface area contributed by atoms with Crippen LogP contribution in [0, 0.1) is 10.1 Å². The number of hydrazone groups is 1. The van der Waals surface area contributed by atoms with Crippen LogP contribution in [0.25, 0.3) is 6.08 Å². The van der Waals surface area contributed by atoms with Gasteiger partial charge in [-0.3, -0.25) is 14.9 Å². The summed E-state index contributed by atoms with van der Waals surface area (Å²) in [5, 5.41) is 14.7. The molecule has 0 atom stereocenters. The van der Waals surface area contributed by atoms with Gasteiger partial charge in [0.15, 0.2) is 6.61 Å². The third-order valence-electron chi connectivity index (χ3n) is 3.85. The predicted molar refractivity (Wildman–Crippen MR) is 109 cm³/mol. The smallest absolute Gasteiger partial charge is 0.277 e. The molecule has 7 nitrogen and oxygen atoms in total. The van der Waals surface area contributed by atoms with Gasteiger partial charge in [0.25, 0.3) is 11.6 Å². The van der Waals surface area contributed by atoms with E-state index in [1.807, 2.05) is 24.3 Å². The van der Waals surface area contributed by atoms with Gasteiger partial charge >= 0.3 is 0 Å². The molecule has 0 aliphatic rings. The molecule has 0 saturated heterocycles. The molecule has 1 N–H and O–H groups in total. The fourth-order valence-corrected chi connectivity index (χ4v) is 2.33. The first-order chi connectivity index (χ1) is 13.3. The summed E-state index contributed by atoms with van der Waals surface area (Å²) in [6.45, 7) is 6.20. The third-order valence-corrected chi connectivity index (χ3v) is 3.85. The Balaban J connectivity index is 1.80. The Morgan fingerprint density at radius 3 is 2.50 bits per heavy atom. The predicted octanol–water partition coefficient (Wildman–Crippen LogP) is 4.09. The summed E-state index contributed by atoms with van der Waals surface area (Å²) in [7, 11) is 0. The summed E-state index contributed by atoms with van der Waals surface area (Å²) < 4.78 is 5.42. The van der Waals surface area contributed by atoms with Gasteiger partial charge in [0.2, 0.25) is 0 Å². The normalized spacial score (nSPS) is 11.7. The van der Waals surface area contributed by atoms with Crippen molar-refractivity contribution in [1.82, 2.24) is 5.43 Å². The molecule has 0 aliphatic carbocycles. The lowest BCUT2D eigenvalue weighted by Crippen LogP contribution is -2.24. The molecule has 2 aromatic rings. The maximum absolute atomic E-state index is 11.8. The van der Waals surface area contributed by atoms with Crippen molar-refractivity contribution in [3.8, 4) is 5.75 Å². The number of carbonyl (C=O) groups is 1. The monoisotopic (exact) mass is 381 g/mol. The molecule has 0 unspecified atom stereocenters. The Bertz CT molecular complexity index is 881. The van der Waals surface area contributed by atoms with Gasteiger partial charge in [-0.25, -0.2) is 5.43 Å². The standard InChI is InChI=1S/C21H23N3O4/c1-21(2,3)17-10-12-18(13-11-17)28-15-20(25)23-22-14-6-8-16-7-4-5-9-19(16)24(26)27/h4-14H,15H2,1-3H3,(H,23,25)/b8-6+,22-14-. The van der Waals surface area contributed by atoms with Crippen molar-refractivity contribution >= 4 is 23.9 Å². The number of benzene rings is 2. The second-order valence-corrected chi connectivity index (χ2v) is 7.05. The number of nitro benzene ring substituents is 1. The lowest BCUT2D eigenvalue weighted by Gasteiger charge is -2.19. The van der Waals surface area contributed by atoms with E-state index in [-0.39, 0.29) is 17.7 Å². The quantitative estimate of drug-likeness (QED) is 0.444. The largest absolute Gasteiger partial charge is 0.484 e. The number of carbonyl (C=O) groups excluding carboxylic acids is 1. The summed E-state index contributed by atoms with van der Waals surface area (Å²) in [6, 6.07) is 13.9. The Morgan fingerprint density at radius 2 is 1.86 bits per heavy atom. The van der Waals surface area contributed by atoms with Gasteiger partial charge in [-0.2, -0.15) is 5.10 Å². The minimum atomic E-state index is -0.454. The summed E-state index contributed by atoms with van der Waals surface area (Å²) in [5.41, 5.74) is 4.02. The average molecular weight is 381 g/mol. The fourth-order valence-electron chi connectivity index (χ4n) is 2.33. The van der Waals surface area contributed by atoms with Crippen molar-refractivity contribution < 1.29 is 14.5 Å². The van der Waals surface area contributed by atoms with E-state index in [4.69, 9.17) is 4.74 Å². The molecule has 0 fully saturated rings. The van der Waals surface area contributed by atoms with Crippen molar-refractivity contribution in [2.24, 2.45) is 5.10 Å². The molecule has 0 spiro atoms. The molecule has 0 aliphatic heterocycles. The highest BCUT2D eigenvalue weighted by molar-refractivity contribution is 5.82. The van der Waals surface area contributed by atoms with Gasteiger partial charge in [0, 0.05) is 12.3 Å². The number of ether oxygens (including phenoxy) is 1. The van der Waals surface area contributed by atoms with Gasteiger partial charge in [0.05, 0.1) is 10.5 Å². The molecule has 1 amide bonds. The number of hydrogen-bond donors (Lipinski definition) is 1. The van der Waals surface area contributed by atoms with Crippen LogP contribution in [0.5, 0.6) is 5.75 Å². The number of amides is 1. The SMILES string of the molecule is CC(C)(C)c1ccc(OCC(=O)N/N=C\C=C\c2ccccc2[N+](=O)[O-])cc1. The zero-order chi connectivity index (χ0) is 20.6. The first-order valence-corrected chi connectivity index (χ1v) is 8.73. The highest BCUT2D eigenvalue weighted by atomic mass is 16.6. The van der Waals surface area contributed by atoms with Crippen molar-refractivity contribution in [2.75, 3.05) is 6.61 Å². The van der Waals surface area contributed by atoms with E-state index in [0.29, 0.717) is 11.3 Å². The lowest BCUT2D eigenvalue weighted by molar-refractivity contribution is -0.385. The lowest BCUT2D eigenvalue weighted by atomic mass is 9.87. The first kappa shape index (κ1) is 20.8. The summed E-state index contributed by atoms with van der Waals surface area (Å²) in [5.74, 6) is 0.193. The highest BCUT2D eigenvalue weighted by Gasteiger charge is 2.13. The van der Waals surface area contributed by atoms with E-state index in [1.54, 1.807) is 24.3 Å². The van der Waals surface area contributed by atoms with Crippen LogP contribution in [0.2, 0.25) is 0 Å². The van der Waals surface area contributed by atoms with Crippen LogP contribution in [0.3, 0.4) is 0 Å². The van der Waals surface area contributed by atoms with Gasteiger partial charge < -0.3 is 4.74 Å².